The summed E-state index contributed by atoms with van der Waals surface area (Å²) in [4.78, 5) is 31.2. The number of aryl methyl sites for hydroxylation is 1. The zero-order chi connectivity index (χ0) is 16.9. The van der Waals surface area contributed by atoms with Gasteiger partial charge in [0.25, 0.3) is 0 Å². The lowest BCUT2D eigenvalue weighted by Gasteiger charge is -2.08. The molecule has 1 aromatic carbocycles. The number of hydrogen-bond donors (Lipinski definition) is 3. The number of carbonyl (C=O) groups is 1. The van der Waals surface area contributed by atoms with Crippen LogP contribution in [0.1, 0.15) is 6.42 Å². The van der Waals surface area contributed by atoms with Gasteiger partial charge in [-0.3, -0.25) is 4.79 Å². The SMILES string of the molecule is O=C(NCCCn1ccnc1)Nc1c[nH]c2c(Cl)cccc2c1=O. The Labute approximate surface area is 142 Å². The van der Waals surface area contributed by atoms with Gasteiger partial charge < -0.3 is 20.2 Å². The Hall–Kier alpha value is -2.80. The Morgan fingerprint density at radius 3 is 3.04 bits per heavy atom. The highest BCUT2D eigenvalue weighted by molar-refractivity contribution is 6.35. The van der Waals surface area contributed by atoms with Crippen molar-refractivity contribution >= 4 is 34.2 Å². The van der Waals surface area contributed by atoms with E-state index in [9.17, 15) is 9.59 Å². The zero-order valence-electron chi connectivity index (χ0n) is 12.8. The molecule has 0 aliphatic carbocycles. The Morgan fingerprint density at radius 1 is 1.38 bits per heavy atom. The van der Waals surface area contributed by atoms with Crippen molar-refractivity contribution in [1.29, 1.82) is 0 Å². The van der Waals surface area contributed by atoms with Crippen LogP contribution in [-0.2, 0) is 6.54 Å². The van der Waals surface area contributed by atoms with Crippen molar-refractivity contribution < 1.29 is 4.79 Å². The summed E-state index contributed by atoms with van der Waals surface area (Å²) in [7, 11) is 0. The van der Waals surface area contributed by atoms with Gasteiger partial charge in [-0.25, -0.2) is 9.78 Å². The molecule has 0 radical (unpaired) electrons. The van der Waals surface area contributed by atoms with E-state index in [2.05, 4.69) is 20.6 Å². The molecular weight excluding hydrogens is 330 g/mol. The van der Waals surface area contributed by atoms with Crippen molar-refractivity contribution in [3.05, 3.63) is 58.4 Å². The minimum Gasteiger partial charge on any atom is -0.358 e. The van der Waals surface area contributed by atoms with Crippen LogP contribution in [-0.4, -0.2) is 27.1 Å². The Kier molecular flexibility index (Phi) is 4.81. The average Bonchev–Trinajstić information content (AvgIpc) is 3.08. The summed E-state index contributed by atoms with van der Waals surface area (Å²) in [5.74, 6) is 0. The molecule has 8 heteroatoms. The van der Waals surface area contributed by atoms with Crippen molar-refractivity contribution in [2.75, 3.05) is 11.9 Å². The number of amides is 2. The molecule has 0 spiro atoms. The van der Waals surface area contributed by atoms with E-state index in [0.29, 0.717) is 22.5 Å². The van der Waals surface area contributed by atoms with E-state index < -0.39 is 6.03 Å². The molecule has 0 aliphatic rings. The van der Waals surface area contributed by atoms with E-state index in [1.54, 1.807) is 30.7 Å². The van der Waals surface area contributed by atoms with Crippen LogP contribution in [0.25, 0.3) is 10.9 Å². The molecule has 0 aliphatic heterocycles. The van der Waals surface area contributed by atoms with Crippen LogP contribution in [0.4, 0.5) is 10.5 Å². The molecule has 0 unspecified atom stereocenters. The van der Waals surface area contributed by atoms with Gasteiger partial charge in [-0.1, -0.05) is 17.7 Å². The largest absolute Gasteiger partial charge is 0.358 e. The highest BCUT2D eigenvalue weighted by atomic mass is 35.5. The van der Waals surface area contributed by atoms with Crippen LogP contribution in [0.5, 0.6) is 0 Å². The number of H-pyrrole nitrogens is 1. The fourth-order valence-electron chi connectivity index (χ4n) is 2.36. The summed E-state index contributed by atoms with van der Waals surface area (Å²) in [6.45, 7) is 1.25. The van der Waals surface area contributed by atoms with E-state index in [1.165, 1.54) is 6.20 Å². The van der Waals surface area contributed by atoms with Gasteiger partial charge in [0.05, 0.1) is 16.9 Å². The maximum absolute atomic E-state index is 12.4. The third-order valence-corrected chi connectivity index (χ3v) is 3.86. The molecule has 2 heterocycles. The molecule has 2 aromatic heterocycles. The minimum atomic E-state index is -0.424. The maximum Gasteiger partial charge on any atom is 0.319 e. The van der Waals surface area contributed by atoms with E-state index >= 15 is 0 Å². The summed E-state index contributed by atoms with van der Waals surface area (Å²) in [6, 6.07) is 4.63. The standard InChI is InChI=1S/C16H16ClN5O2/c17-12-4-1-3-11-14(12)20-9-13(15(11)23)21-16(24)19-5-2-7-22-8-6-18-10-22/h1,3-4,6,8-10H,2,5,7H2,(H,20,23)(H2,19,21,24). The highest BCUT2D eigenvalue weighted by Gasteiger charge is 2.09. The van der Waals surface area contributed by atoms with Gasteiger partial charge in [0.15, 0.2) is 0 Å². The van der Waals surface area contributed by atoms with Gasteiger partial charge in [-0.15, -0.1) is 0 Å². The molecule has 0 atom stereocenters. The molecule has 3 N–H and O–H groups in total. The van der Waals surface area contributed by atoms with Crippen molar-refractivity contribution in [2.24, 2.45) is 0 Å². The van der Waals surface area contributed by atoms with Gasteiger partial charge in [-0.2, -0.15) is 0 Å². The fourth-order valence-corrected chi connectivity index (χ4v) is 2.59. The second-order valence-corrected chi connectivity index (χ2v) is 5.64. The van der Waals surface area contributed by atoms with Crippen molar-refractivity contribution in [2.45, 2.75) is 13.0 Å². The van der Waals surface area contributed by atoms with E-state index in [4.69, 9.17) is 11.6 Å². The van der Waals surface area contributed by atoms with Crippen LogP contribution in [0.2, 0.25) is 5.02 Å². The number of aromatic nitrogens is 3. The number of para-hydroxylation sites is 1. The number of nitrogens with zero attached hydrogens (tertiary/aromatic N) is 2. The van der Waals surface area contributed by atoms with E-state index in [0.717, 1.165) is 13.0 Å². The van der Waals surface area contributed by atoms with E-state index in [1.807, 2.05) is 10.8 Å². The quantitative estimate of drug-likeness (QED) is 0.621. The predicted octanol–water partition coefficient (Wildman–Crippen LogP) is 2.59. The molecule has 0 saturated carbocycles. The summed E-state index contributed by atoms with van der Waals surface area (Å²) < 4.78 is 1.93. The summed E-state index contributed by atoms with van der Waals surface area (Å²) in [6.07, 6.45) is 7.49. The molecule has 24 heavy (non-hydrogen) atoms. The summed E-state index contributed by atoms with van der Waals surface area (Å²) in [5, 5.41) is 6.17. The van der Waals surface area contributed by atoms with Crippen LogP contribution < -0.4 is 16.1 Å². The number of pyridine rings is 1. The van der Waals surface area contributed by atoms with Gasteiger partial charge in [-0.05, 0) is 18.6 Å². The first kappa shape index (κ1) is 16.1. The summed E-state index contributed by atoms with van der Waals surface area (Å²) in [5.41, 5.74) is 0.451. The number of benzene rings is 1. The highest BCUT2D eigenvalue weighted by Crippen LogP contribution is 2.19. The topological polar surface area (TPSA) is 91.8 Å². The minimum absolute atomic E-state index is 0.178. The molecule has 0 saturated heterocycles. The van der Waals surface area contributed by atoms with Gasteiger partial charge in [0, 0.05) is 37.1 Å². The lowest BCUT2D eigenvalue weighted by molar-refractivity contribution is 0.252. The number of aromatic amines is 1. The fraction of sp³-hybridized carbons (Fsp3) is 0.188. The Bertz CT molecular complexity index is 904. The number of urea groups is 1. The maximum atomic E-state index is 12.4. The first-order valence-electron chi connectivity index (χ1n) is 7.45. The Morgan fingerprint density at radius 2 is 2.25 bits per heavy atom. The van der Waals surface area contributed by atoms with Crippen LogP contribution in [0.3, 0.4) is 0 Å². The molecule has 0 bridgehead atoms. The first-order valence-corrected chi connectivity index (χ1v) is 7.83. The molecule has 3 aromatic rings. The van der Waals surface area contributed by atoms with Crippen LogP contribution >= 0.6 is 11.6 Å². The molecule has 124 valence electrons. The number of hydrogen-bond acceptors (Lipinski definition) is 3. The molecule has 3 rings (SSSR count). The lowest BCUT2D eigenvalue weighted by Crippen LogP contribution is -2.31. The first-order chi connectivity index (χ1) is 11.6. The number of carbonyl (C=O) groups excluding carboxylic acids is 1. The van der Waals surface area contributed by atoms with Gasteiger partial charge >= 0.3 is 6.03 Å². The monoisotopic (exact) mass is 345 g/mol. The number of fused-ring (bicyclic) bond motifs is 1. The van der Waals surface area contributed by atoms with Crippen LogP contribution in [0, 0.1) is 0 Å². The second kappa shape index (κ2) is 7.18. The molecule has 0 fully saturated rings. The van der Waals surface area contributed by atoms with E-state index in [-0.39, 0.29) is 11.1 Å². The third-order valence-electron chi connectivity index (χ3n) is 3.55. The van der Waals surface area contributed by atoms with Crippen LogP contribution in [0.15, 0.2) is 47.9 Å². The Balaban J connectivity index is 1.59. The molecular formula is C16H16ClN5O2. The van der Waals surface area contributed by atoms with Crippen molar-refractivity contribution in [3.8, 4) is 0 Å². The van der Waals surface area contributed by atoms with Crippen molar-refractivity contribution in [1.82, 2.24) is 19.9 Å². The molecule has 2 amide bonds. The second-order valence-electron chi connectivity index (χ2n) is 5.23. The number of rotatable bonds is 5. The third kappa shape index (κ3) is 3.57. The van der Waals surface area contributed by atoms with Gasteiger partial charge in [0.2, 0.25) is 5.43 Å². The van der Waals surface area contributed by atoms with Gasteiger partial charge in [0.1, 0.15) is 5.69 Å². The number of halogens is 1. The lowest BCUT2D eigenvalue weighted by atomic mass is 10.2. The summed E-state index contributed by atoms with van der Waals surface area (Å²) >= 11 is 6.04. The van der Waals surface area contributed by atoms with Crippen molar-refractivity contribution in [3.63, 3.8) is 0 Å². The number of imidazole rings is 1. The normalized spacial score (nSPS) is 10.7. The number of anilines is 1. The smallest absolute Gasteiger partial charge is 0.319 e. The predicted molar refractivity (Wildman–Crippen MR) is 93.4 cm³/mol. The average molecular weight is 346 g/mol. The zero-order valence-corrected chi connectivity index (χ0v) is 13.5. The number of nitrogens with one attached hydrogen (secondary N) is 3. The molecule has 7 nitrogen and oxygen atoms in total.